The maximum Gasteiger partial charge on any atom is 0.228 e. The molecule has 8 nitrogen and oxygen atoms in total. The second-order valence-corrected chi connectivity index (χ2v) is 10.1. The molecular weight excluding hydrogens is 406 g/mol. The van der Waals surface area contributed by atoms with Gasteiger partial charge >= 0.3 is 0 Å². The van der Waals surface area contributed by atoms with Crippen LogP contribution < -0.4 is 0 Å². The molecule has 2 saturated heterocycles. The average Bonchev–Trinajstić information content (AvgIpc) is 3.09. The van der Waals surface area contributed by atoms with Gasteiger partial charge in [0.15, 0.2) is 0 Å². The molecule has 0 N–H and O–H groups in total. The molecule has 0 aromatic heterocycles. The molecular formula is C21H31N3O5S. The first-order valence-electron chi connectivity index (χ1n) is 10.4. The maximum atomic E-state index is 12.9. The van der Waals surface area contributed by atoms with Crippen LogP contribution >= 0.6 is 0 Å². The SMILES string of the molecule is COCCCS(=O)(=O)N1CCN(C(=O)C2CC(=O)N(Cc3ccc(C)cc3)C2)CC1. The van der Waals surface area contributed by atoms with E-state index in [1.165, 1.54) is 9.87 Å². The van der Waals surface area contributed by atoms with Crippen molar-refractivity contribution >= 4 is 21.8 Å². The molecule has 2 fully saturated rings. The standard InChI is InChI=1S/C21H31N3O5S/c1-17-4-6-18(7-5-17)15-23-16-19(14-20(23)25)21(26)22-8-10-24(11-9-22)30(27,28)13-3-12-29-2/h4-7,19H,3,8-16H2,1-2H3. The Morgan fingerprint density at radius 2 is 1.80 bits per heavy atom. The maximum absolute atomic E-state index is 12.9. The van der Waals surface area contributed by atoms with Gasteiger partial charge in [-0.3, -0.25) is 9.59 Å². The minimum atomic E-state index is -3.33. The van der Waals surface area contributed by atoms with Crippen LogP contribution in [0.1, 0.15) is 24.0 Å². The van der Waals surface area contributed by atoms with Gasteiger partial charge in [0.2, 0.25) is 21.8 Å². The Labute approximate surface area is 178 Å². The first-order chi connectivity index (χ1) is 14.3. The van der Waals surface area contributed by atoms with Gasteiger partial charge in [-0.2, -0.15) is 4.31 Å². The molecule has 2 aliphatic heterocycles. The molecule has 2 heterocycles. The summed E-state index contributed by atoms with van der Waals surface area (Å²) in [6, 6.07) is 8.04. The lowest BCUT2D eigenvalue weighted by molar-refractivity contribution is -0.137. The minimum absolute atomic E-state index is 0.00622. The highest BCUT2D eigenvalue weighted by molar-refractivity contribution is 7.89. The number of sulfonamides is 1. The van der Waals surface area contributed by atoms with Gasteiger partial charge in [-0.15, -0.1) is 0 Å². The molecule has 1 unspecified atom stereocenters. The van der Waals surface area contributed by atoms with Gasteiger partial charge in [0, 0.05) is 59.4 Å². The summed E-state index contributed by atoms with van der Waals surface area (Å²) < 4.78 is 31.2. The van der Waals surface area contributed by atoms with Crippen molar-refractivity contribution < 1.29 is 22.7 Å². The fourth-order valence-electron chi connectivity index (χ4n) is 3.96. The number of amides is 2. The van der Waals surface area contributed by atoms with E-state index < -0.39 is 10.0 Å². The highest BCUT2D eigenvalue weighted by atomic mass is 32.2. The number of methoxy groups -OCH3 is 1. The molecule has 9 heteroatoms. The Hall–Kier alpha value is -1.97. The zero-order valence-electron chi connectivity index (χ0n) is 17.7. The van der Waals surface area contributed by atoms with Crippen LogP contribution in [0.15, 0.2) is 24.3 Å². The summed E-state index contributed by atoms with van der Waals surface area (Å²) in [5.74, 6) is -0.354. The van der Waals surface area contributed by atoms with Gasteiger partial charge in [0.1, 0.15) is 0 Å². The van der Waals surface area contributed by atoms with Crippen LogP contribution in [-0.2, 0) is 30.9 Å². The quantitative estimate of drug-likeness (QED) is 0.563. The van der Waals surface area contributed by atoms with Crippen molar-refractivity contribution in [3.63, 3.8) is 0 Å². The van der Waals surface area contributed by atoms with Crippen molar-refractivity contribution in [1.82, 2.24) is 14.1 Å². The molecule has 1 atom stereocenters. The first-order valence-corrected chi connectivity index (χ1v) is 12.0. The Balaban J connectivity index is 1.50. The number of benzene rings is 1. The summed E-state index contributed by atoms with van der Waals surface area (Å²) in [7, 11) is -1.78. The Morgan fingerprint density at radius 1 is 1.13 bits per heavy atom. The predicted molar refractivity (Wildman–Crippen MR) is 113 cm³/mol. The van der Waals surface area contributed by atoms with Crippen LogP contribution in [0, 0.1) is 12.8 Å². The second kappa shape index (κ2) is 9.89. The lowest BCUT2D eigenvalue weighted by Crippen LogP contribution is -2.52. The minimum Gasteiger partial charge on any atom is -0.385 e. The topological polar surface area (TPSA) is 87.2 Å². The lowest BCUT2D eigenvalue weighted by atomic mass is 10.1. The summed E-state index contributed by atoms with van der Waals surface area (Å²) in [4.78, 5) is 28.8. The van der Waals surface area contributed by atoms with E-state index in [0.717, 1.165) is 5.56 Å². The number of piperazine rings is 1. The van der Waals surface area contributed by atoms with Gasteiger partial charge < -0.3 is 14.5 Å². The molecule has 2 amide bonds. The summed E-state index contributed by atoms with van der Waals surface area (Å²) >= 11 is 0. The highest BCUT2D eigenvalue weighted by Gasteiger charge is 2.38. The van der Waals surface area contributed by atoms with Crippen LogP contribution in [0.3, 0.4) is 0 Å². The monoisotopic (exact) mass is 437 g/mol. The van der Waals surface area contributed by atoms with E-state index in [0.29, 0.717) is 52.3 Å². The number of carbonyl (C=O) groups is 2. The van der Waals surface area contributed by atoms with Crippen LogP contribution in [-0.4, -0.2) is 86.5 Å². The number of ether oxygens (including phenoxy) is 1. The number of rotatable bonds is 8. The van der Waals surface area contributed by atoms with Gasteiger partial charge in [0.05, 0.1) is 11.7 Å². The van der Waals surface area contributed by atoms with E-state index in [4.69, 9.17) is 4.74 Å². The number of likely N-dealkylation sites (tertiary alicyclic amines) is 1. The van der Waals surface area contributed by atoms with E-state index >= 15 is 0 Å². The van der Waals surface area contributed by atoms with E-state index in [9.17, 15) is 18.0 Å². The molecule has 166 valence electrons. The van der Waals surface area contributed by atoms with Crippen molar-refractivity contribution in [3.8, 4) is 0 Å². The number of nitrogens with zero attached hydrogens (tertiary/aromatic N) is 3. The molecule has 0 bridgehead atoms. The van der Waals surface area contributed by atoms with Gasteiger partial charge in [0.25, 0.3) is 0 Å². The van der Waals surface area contributed by atoms with E-state index in [1.54, 1.807) is 16.9 Å². The fraction of sp³-hybridized carbons (Fsp3) is 0.619. The lowest BCUT2D eigenvalue weighted by Gasteiger charge is -2.35. The second-order valence-electron chi connectivity index (χ2n) is 8.05. The third-order valence-electron chi connectivity index (χ3n) is 5.75. The Morgan fingerprint density at radius 3 is 2.43 bits per heavy atom. The zero-order chi connectivity index (χ0) is 21.7. The van der Waals surface area contributed by atoms with Crippen molar-refractivity contribution in [2.75, 3.05) is 52.2 Å². The van der Waals surface area contributed by atoms with Crippen LogP contribution in [0.2, 0.25) is 0 Å². The summed E-state index contributed by atoms with van der Waals surface area (Å²) in [5.41, 5.74) is 2.22. The van der Waals surface area contributed by atoms with Crippen molar-refractivity contribution in [2.24, 2.45) is 5.92 Å². The van der Waals surface area contributed by atoms with Crippen LogP contribution in [0.5, 0.6) is 0 Å². The third-order valence-corrected chi connectivity index (χ3v) is 7.71. The molecule has 30 heavy (non-hydrogen) atoms. The van der Waals surface area contributed by atoms with Crippen molar-refractivity contribution in [2.45, 2.75) is 26.3 Å². The number of carbonyl (C=O) groups excluding carboxylic acids is 2. The van der Waals surface area contributed by atoms with Crippen LogP contribution in [0.25, 0.3) is 0 Å². The molecule has 3 rings (SSSR count). The largest absolute Gasteiger partial charge is 0.385 e. The molecule has 0 saturated carbocycles. The van der Waals surface area contributed by atoms with E-state index in [2.05, 4.69) is 0 Å². The highest BCUT2D eigenvalue weighted by Crippen LogP contribution is 2.23. The van der Waals surface area contributed by atoms with E-state index in [1.807, 2.05) is 31.2 Å². The summed E-state index contributed by atoms with van der Waals surface area (Å²) in [6.07, 6.45) is 0.680. The van der Waals surface area contributed by atoms with Gasteiger partial charge in [-0.25, -0.2) is 8.42 Å². The third kappa shape index (κ3) is 5.59. The van der Waals surface area contributed by atoms with Gasteiger partial charge in [-0.05, 0) is 18.9 Å². The molecule has 1 aromatic rings. The van der Waals surface area contributed by atoms with Crippen LogP contribution in [0.4, 0.5) is 0 Å². The normalized spacial score (nSPS) is 20.7. The smallest absolute Gasteiger partial charge is 0.228 e. The van der Waals surface area contributed by atoms with Gasteiger partial charge in [-0.1, -0.05) is 29.8 Å². The molecule has 2 aliphatic rings. The molecule has 0 aliphatic carbocycles. The predicted octanol–water partition coefficient (Wildman–Crippen LogP) is 0.854. The number of hydrogen-bond acceptors (Lipinski definition) is 5. The number of aryl methyl sites for hydroxylation is 1. The fourth-order valence-corrected chi connectivity index (χ4v) is 5.42. The molecule has 0 radical (unpaired) electrons. The summed E-state index contributed by atoms with van der Waals surface area (Å²) in [6.45, 7) is 4.69. The van der Waals surface area contributed by atoms with E-state index in [-0.39, 0.29) is 29.9 Å². The number of hydrogen-bond donors (Lipinski definition) is 0. The summed E-state index contributed by atoms with van der Waals surface area (Å²) in [5, 5.41) is 0. The molecule has 0 spiro atoms. The van der Waals surface area contributed by atoms with Crippen molar-refractivity contribution in [3.05, 3.63) is 35.4 Å². The zero-order valence-corrected chi connectivity index (χ0v) is 18.6. The first kappa shape index (κ1) is 22.7. The Bertz CT molecular complexity index is 848. The Kier molecular flexibility index (Phi) is 7.49. The molecule has 1 aromatic carbocycles. The average molecular weight is 438 g/mol. The van der Waals surface area contributed by atoms with Crippen molar-refractivity contribution in [1.29, 1.82) is 0 Å².